The van der Waals surface area contributed by atoms with Gasteiger partial charge in [-0.1, -0.05) is 24.8 Å². The van der Waals surface area contributed by atoms with Crippen LogP contribution < -0.4 is 10.1 Å². The Morgan fingerprint density at radius 2 is 2.09 bits per heavy atom. The molecule has 2 fully saturated rings. The van der Waals surface area contributed by atoms with Gasteiger partial charge in [0, 0.05) is 51.9 Å². The molecule has 1 aromatic rings. The summed E-state index contributed by atoms with van der Waals surface area (Å²) in [5.41, 5.74) is 1.34. The molecule has 23 heavy (non-hydrogen) atoms. The number of ether oxygens (including phenoxy) is 1. The van der Waals surface area contributed by atoms with Gasteiger partial charge in [0.15, 0.2) is 0 Å². The van der Waals surface area contributed by atoms with E-state index in [1.807, 2.05) is 6.07 Å². The van der Waals surface area contributed by atoms with E-state index >= 15 is 0 Å². The zero-order valence-electron chi connectivity index (χ0n) is 13.7. The van der Waals surface area contributed by atoms with E-state index in [1.54, 1.807) is 6.08 Å². The zero-order valence-corrected chi connectivity index (χ0v) is 14.6. The van der Waals surface area contributed by atoms with Gasteiger partial charge >= 0.3 is 0 Å². The SMILES string of the molecule is C=CCOc1cccc(CN2CCC(N3CCNCC3)C2)c1.Cl. The van der Waals surface area contributed by atoms with Crippen LogP contribution in [-0.2, 0) is 6.54 Å². The number of nitrogens with zero attached hydrogens (tertiary/aromatic N) is 2. The number of piperazine rings is 1. The van der Waals surface area contributed by atoms with Crippen LogP contribution in [0.15, 0.2) is 36.9 Å². The lowest BCUT2D eigenvalue weighted by Gasteiger charge is -2.32. The van der Waals surface area contributed by atoms with Crippen molar-refractivity contribution in [3.05, 3.63) is 42.5 Å². The minimum absolute atomic E-state index is 0. The molecular formula is C18H28ClN3O. The Hall–Kier alpha value is -1.07. The highest BCUT2D eigenvalue weighted by molar-refractivity contribution is 5.85. The fourth-order valence-corrected chi connectivity index (χ4v) is 3.45. The lowest BCUT2D eigenvalue weighted by Crippen LogP contribution is -2.49. The monoisotopic (exact) mass is 337 g/mol. The highest BCUT2D eigenvalue weighted by Crippen LogP contribution is 2.20. The summed E-state index contributed by atoms with van der Waals surface area (Å²) in [6.07, 6.45) is 3.08. The van der Waals surface area contributed by atoms with Gasteiger partial charge in [0.25, 0.3) is 0 Å². The Labute approximate surface area is 145 Å². The number of rotatable bonds is 6. The van der Waals surface area contributed by atoms with Crippen molar-refractivity contribution in [1.82, 2.24) is 15.1 Å². The highest BCUT2D eigenvalue weighted by atomic mass is 35.5. The van der Waals surface area contributed by atoms with Crippen LogP contribution in [0.4, 0.5) is 0 Å². The maximum atomic E-state index is 5.62. The van der Waals surface area contributed by atoms with Crippen LogP contribution in [0.25, 0.3) is 0 Å². The molecule has 3 rings (SSSR count). The summed E-state index contributed by atoms with van der Waals surface area (Å²) >= 11 is 0. The van der Waals surface area contributed by atoms with Crippen molar-refractivity contribution in [1.29, 1.82) is 0 Å². The van der Waals surface area contributed by atoms with Crippen molar-refractivity contribution < 1.29 is 4.74 Å². The second-order valence-electron chi connectivity index (χ2n) is 6.21. The molecule has 1 unspecified atom stereocenters. The van der Waals surface area contributed by atoms with E-state index in [0.29, 0.717) is 6.61 Å². The molecule has 0 spiro atoms. The molecule has 5 heteroatoms. The maximum Gasteiger partial charge on any atom is 0.120 e. The summed E-state index contributed by atoms with van der Waals surface area (Å²) in [4.78, 5) is 5.22. The first-order valence-electron chi connectivity index (χ1n) is 8.35. The molecular weight excluding hydrogens is 310 g/mol. The predicted molar refractivity (Wildman–Crippen MR) is 97.5 cm³/mol. The quantitative estimate of drug-likeness (QED) is 0.805. The lowest BCUT2D eigenvalue weighted by atomic mass is 10.2. The third kappa shape index (κ3) is 5.21. The first-order valence-corrected chi connectivity index (χ1v) is 8.35. The second-order valence-corrected chi connectivity index (χ2v) is 6.21. The van der Waals surface area contributed by atoms with Gasteiger partial charge < -0.3 is 10.1 Å². The van der Waals surface area contributed by atoms with Gasteiger partial charge in [-0.3, -0.25) is 9.80 Å². The van der Waals surface area contributed by atoms with Crippen LogP contribution >= 0.6 is 12.4 Å². The molecule has 2 aliphatic rings. The normalized spacial score (nSPS) is 22.5. The molecule has 1 atom stereocenters. The molecule has 2 heterocycles. The first-order chi connectivity index (χ1) is 10.8. The average molecular weight is 338 g/mol. The van der Waals surface area contributed by atoms with E-state index < -0.39 is 0 Å². The summed E-state index contributed by atoms with van der Waals surface area (Å²) in [6, 6.07) is 9.18. The standard InChI is InChI=1S/C18H27N3O.ClH/c1-2-12-22-18-5-3-4-16(13-18)14-20-9-6-17(15-20)21-10-7-19-8-11-21;/h2-5,13,17,19H,1,6-12,14-15H2;1H. The second kappa shape index (κ2) is 9.28. The number of nitrogens with one attached hydrogen (secondary N) is 1. The third-order valence-corrected chi connectivity index (χ3v) is 4.59. The smallest absolute Gasteiger partial charge is 0.120 e. The third-order valence-electron chi connectivity index (χ3n) is 4.59. The molecule has 0 bridgehead atoms. The van der Waals surface area contributed by atoms with E-state index in [1.165, 1.54) is 38.2 Å². The van der Waals surface area contributed by atoms with E-state index in [4.69, 9.17) is 4.74 Å². The highest BCUT2D eigenvalue weighted by Gasteiger charge is 2.28. The van der Waals surface area contributed by atoms with Crippen LogP contribution in [0.2, 0.25) is 0 Å². The van der Waals surface area contributed by atoms with Gasteiger partial charge in [0.05, 0.1) is 0 Å². The molecule has 1 N–H and O–H groups in total. The van der Waals surface area contributed by atoms with E-state index in [9.17, 15) is 0 Å². The molecule has 0 amide bonds. The molecule has 2 saturated heterocycles. The predicted octanol–water partition coefficient (Wildman–Crippen LogP) is 2.15. The Kier molecular flexibility index (Phi) is 7.37. The van der Waals surface area contributed by atoms with Crippen molar-refractivity contribution in [3.8, 4) is 5.75 Å². The molecule has 0 aliphatic carbocycles. The summed E-state index contributed by atoms with van der Waals surface area (Å²) in [5.74, 6) is 0.940. The number of benzene rings is 1. The van der Waals surface area contributed by atoms with Gasteiger partial charge in [-0.2, -0.15) is 0 Å². The van der Waals surface area contributed by atoms with Crippen LogP contribution in [0.5, 0.6) is 5.75 Å². The minimum Gasteiger partial charge on any atom is -0.490 e. The van der Waals surface area contributed by atoms with Gasteiger partial charge in [0.2, 0.25) is 0 Å². The van der Waals surface area contributed by atoms with Gasteiger partial charge in [-0.25, -0.2) is 0 Å². The zero-order chi connectivity index (χ0) is 15.2. The topological polar surface area (TPSA) is 27.7 Å². The molecule has 2 aliphatic heterocycles. The number of hydrogen-bond acceptors (Lipinski definition) is 4. The Bertz CT molecular complexity index is 491. The Morgan fingerprint density at radius 1 is 1.26 bits per heavy atom. The Balaban J connectivity index is 0.00000192. The summed E-state index contributed by atoms with van der Waals surface area (Å²) < 4.78 is 5.62. The minimum atomic E-state index is 0. The van der Waals surface area contributed by atoms with Crippen molar-refractivity contribution in [2.24, 2.45) is 0 Å². The molecule has 0 radical (unpaired) electrons. The lowest BCUT2D eigenvalue weighted by molar-refractivity contribution is 0.170. The largest absolute Gasteiger partial charge is 0.490 e. The van der Waals surface area contributed by atoms with Crippen molar-refractivity contribution >= 4 is 12.4 Å². The van der Waals surface area contributed by atoms with Crippen LogP contribution in [0.3, 0.4) is 0 Å². The first kappa shape index (κ1) is 18.3. The molecule has 1 aromatic carbocycles. The number of halogens is 1. The number of likely N-dealkylation sites (tertiary alicyclic amines) is 1. The average Bonchev–Trinajstić information content (AvgIpc) is 3.03. The van der Waals surface area contributed by atoms with Gasteiger partial charge in [-0.05, 0) is 24.1 Å². The van der Waals surface area contributed by atoms with E-state index in [2.05, 4.69) is 39.9 Å². The molecule has 0 saturated carbocycles. The van der Waals surface area contributed by atoms with E-state index in [-0.39, 0.29) is 12.4 Å². The fourth-order valence-electron chi connectivity index (χ4n) is 3.45. The summed E-state index contributed by atoms with van der Waals surface area (Å²) in [7, 11) is 0. The fraction of sp³-hybridized carbons (Fsp3) is 0.556. The van der Waals surface area contributed by atoms with Crippen molar-refractivity contribution in [2.45, 2.75) is 19.0 Å². The molecule has 0 aromatic heterocycles. The van der Waals surface area contributed by atoms with Gasteiger partial charge in [-0.15, -0.1) is 12.4 Å². The molecule has 4 nitrogen and oxygen atoms in total. The van der Waals surface area contributed by atoms with E-state index in [0.717, 1.165) is 31.4 Å². The summed E-state index contributed by atoms with van der Waals surface area (Å²) in [6.45, 7) is 12.3. The van der Waals surface area contributed by atoms with Crippen LogP contribution in [-0.4, -0.2) is 61.7 Å². The Morgan fingerprint density at radius 3 is 2.87 bits per heavy atom. The molecule has 128 valence electrons. The van der Waals surface area contributed by atoms with Crippen LogP contribution in [0, 0.1) is 0 Å². The number of hydrogen-bond donors (Lipinski definition) is 1. The van der Waals surface area contributed by atoms with Crippen molar-refractivity contribution in [2.75, 3.05) is 45.9 Å². The van der Waals surface area contributed by atoms with Crippen molar-refractivity contribution in [3.63, 3.8) is 0 Å². The maximum absolute atomic E-state index is 5.62. The van der Waals surface area contributed by atoms with Gasteiger partial charge in [0.1, 0.15) is 12.4 Å². The van der Waals surface area contributed by atoms with Crippen LogP contribution in [0.1, 0.15) is 12.0 Å². The summed E-state index contributed by atoms with van der Waals surface area (Å²) in [5, 5.41) is 3.44.